The fourth-order valence-corrected chi connectivity index (χ4v) is 3.84. The van der Waals surface area contributed by atoms with Crippen molar-refractivity contribution in [1.82, 2.24) is 10.2 Å². The number of carbonyl (C=O) groups excluding carboxylic acids is 1. The molecule has 1 heterocycles. The highest BCUT2D eigenvalue weighted by atomic mass is 32.2. The third kappa shape index (κ3) is 5.04. The molecule has 1 aliphatic rings. The molecule has 4 rings (SSSR count). The molecule has 0 spiro atoms. The number of esters is 1. The molecule has 0 atom stereocenters. The van der Waals surface area contributed by atoms with Gasteiger partial charge in [0, 0.05) is 0 Å². The van der Waals surface area contributed by atoms with Crippen LogP contribution in [0, 0.1) is 0 Å². The van der Waals surface area contributed by atoms with Crippen LogP contribution in [-0.4, -0.2) is 28.0 Å². The number of nitrogens with zero attached hydrogens (tertiary/aromatic N) is 2. The molecule has 1 saturated carbocycles. The van der Waals surface area contributed by atoms with Crippen molar-refractivity contribution in [3.8, 4) is 5.75 Å². The van der Waals surface area contributed by atoms with Gasteiger partial charge in [0.1, 0.15) is 17.6 Å². The summed E-state index contributed by atoms with van der Waals surface area (Å²) in [4.78, 5) is 12.0. The Morgan fingerprint density at radius 2 is 1.89 bits per heavy atom. The normalized spacial score (nSPS) is 14.9. The number of fused-ring (bicyclic) bond motifs is 1. The molecule has 2 aromatic carbocycles. The Morgan fingerprint density at radius 1 is 1.07 bits per heavy atom. The monoisotopic (exact) mass is 398 g/mol. The number of aromatic nitrogens is 2. The highest BCUT2D eigenvalue weighted by Gasteiger charge is 2.18. The lowest BCUT2D eigenvalue weighted by Crippen LogP contribution is -2.21. The van der Waals surface area contributed by atoms with Crippen molar-refractivity contribution in [3.05, 3.63) is 48.4 Å². The molecule has 0 radical (unpaired) electrons. The topological polar surface area (TPSA) is 74.5 Å². The molecule has 0 N–H and O–H groups in total. The van der Waals surface area contributed by atoms with Gasteiger partial charge in [0.15, 0.2) is 6.61 Å². The van der Waals surface area contributed by atoms with Crippen molar-refractivity contribution in [3.63, 3.8) is 0 Å². The summed E-state index contributed by atoms with van der Waals surface area (Å²) in [6.07, 6.45) is 5.50. The molecule has 6 nitrogen and oxygen atoms in total. The Bertz CT molecular complexity index is 937. The first-order valence-electron chi connectivity index (χ1n) is 9.52. The average molecular weight is 398 g/mol. The third-order valence-electron chi connectivity index (χ3n) is 4.70. The van der Waals surface area contributed by atoms with Gasteiger partial charge in [0.25, 0.3) is 11.1 Å². The van der Waals surface area contributed by atoms with Crippen LogP contribution in [0.15, 0.2) is 52.1 Å². The Labute approximate surface area is 167 Å². The van der Waals surface area contributed by atoms with Crippen LogP contribution >= 0.6 is 11.8 Å². The smallest absolute Gasteiger partial charge is 0.316 e. The van der Waals surface area contributed by atoms with Crippen LogP contribution in [0.25, 0.3) is 10.8 Å². The number of benzene rings is 2. The standard InChI is InChI=1S/C21H22N2O4S/c24-20(26-17-8-2-1-3-9-17)14-28-21-23-22-19(27-21)13-25-18-11-10-15-6-4-5-7-16(15)12-18/h4-7,10-12,17H,1-3,8-9,13-14H2. The van der Waals surface area contributed by atoms with Crippen LogP contribution in [0.3, 0.4) is 0 Å². The second-order valence-corrected chi connectivity index (χ2v) is 7.72. The SMILES string of the molecule is O=C(CSc1nnc(COc2ccc3ccccc3c2)o1)OC1CCCCC1. The number of ether oxygens (including phenoxy) is 2. The first-order valence-corrected chi connectivity index (χ1v) is 10.5. The molecule has 0 saturated heterocycles. The lowest BCUT2D eigenvalue weighted by Gasteiger charge is -2.21. The average Bonchev–Trinajstić information content (AvgIpc) is 3.19. The van der Waals surface area contributed by atoms with E-state index in [1.807, 2.05) is 36.4 Å². The van der Waals surface area contributed by atoms with E-state index < -0.39 is 0 Å². The van der Waals surface area contributed by atoms with E-state index in [0.29, 0.717) is 11.1 Å². The van der Waals surface area contributed by atoms with Gasteiger partial charge in [0.05, 0.1) is 0 Å². The Morgan fingerprint density at radius 3 is 2.75 bits per heavy atom. The van der Waals surface area contributed by atoms with Crippen LogP contribution < -0.4 is 4.74 Å². The zero-order chi connectivity index (χ0) is 19.2. The quantitative estimate of drug-likeness (QED) is 0.419. The maximum Gasteiger partial charge on any atom is 0.316 e. The minimum atomic E-state index is -0.232. The zero-order valence-corrected chi connectivity index (χ0v) is 16.3. The summed E-state index contributed by atoms with van der Waals surface area (Å²) < 4.78 is 16.8. The van der Waals surface area contributed by atoms with Gasteiger partial charge in [-0.1, -0.05) is 48.5 Å². The summed E-state index contributed by atoms with van der Waals surface area (Å²) in [6.45, 7) is 0.179. The fourth-order valence-electron chi connectivity index (χ4n) is 3.28. The predicted octanol–water partition coefficient (Wildman–Crippen LogP) is 4.77. The first-order chi connectivity index (χ1) is 13.8. The first kappa shape index (κ1) is 18.8. The lowest BCUT2D eigenvalue weighted by molar-refractivity contribution is -0.147. The van der Waals surface area contributed by atoms with E-state index in [2.05, 4.69) is 16.3 Å². The molecule has 0 amide bonds. The van der Waals surface area contributed by atoms with Crippen molar-refractivity contribution in [2.75, 3.05) is 5.75 Å². The van der Waals surface area contributed by atoms with Crippen molar-refractivity contribution in [1.29, 1.82) is 0 Å². The van der Waals surface area contributed by atoms with Crippen LogP contribution in [-0.2, 0) is 16.1 Å². The maximum atomic E-state index is 12.0. The molecule has 1 fully saturated rings. The predicted molar refractivity (Wildman–Crippen MR) is 106 cm³/mol. The Kier molecular flexibility index (Phi) is 6.11. The highest BCUT2D eigenvalue weighted by molar-refractivity contribution is 7.99. The number of hydrogen-bond donors (Lipinski definition) is 0. The second kappa shape index (κ2) is 9.10. The molecule has 146 valence electrons. The molecule has 3 aromatic rings. The van der Waals surface area contributed by atoms with Crippen LogP contribution in [0.5, 0.6) is 5.75 Å². The van der Waals surface area contributed by atoms with Gasteiger partial charge in [-0.2, -0.15) is 0 Å². The molecule has 28 heavy (non-hydrogen) atoms. The van der Waals surface area contributed by atoms with Gasteiger partial charge in [-0.25, -0.2) is 0 Å². The summed E-state index contributed by atoms with van der Waals surface area (Å²) >= 11 is 1.19. The zero-order valence-electron chi connectivity index (χ0n) is 15.5. The van der Waals surface area contributed by atoms with Crippen LogP contribution in [0.1, 0.15) is 38.0 Å². The number of hydrogen-bond acceptors (Lipinski definition) is 7. The molecule has 0 bridgehead atoms. The van der Waals surface area contributed by atoms with Gasteiger partial charge >= 0.3 is 5.97 Å². The highest BCUT2D eigenvalue weighted by Crippen LogP contribution is 2.23. The largest absolute Gasteiger partial charge is 0.484 e. The molecule has 0 aliphatic heterocycles. The summed E-state index contributed by atoms with van der Waals surface area (Å²) in [6, 6.07) is 14.0. The van der Waals surface area contributed by atoms with Gasteiger partial charge in [-0.05, 0) is 48.6 Å². The molecular weight excluding hydrogens is 376 g/mol. The van der Waals surface area contributed by atoms with Crippen molar-refractivity contribution in [2.24, 2.45) is 0 Å². The maximum absolute atomic E-state index is 12.0. The van der Waals surface area contributed by atoms with Gasteiger partial charge in [0.2, 0.25) is 0 Å². The van der Waals surface area contributed by atoms with E-state index in [9.17, 15) is 4.79 Å². The number of carbonyl (C=O) groups is 1. The number of thioether (sulfide) groups is 1. The van der Waals surface area contributed by atoms with Crippen LogP contribution in [0.2, 0.25) is 0 Å². The van der Waals surface area contributed by atoms with Gasteiger partial charge in [-0.15, -0.1) is 10.2 Å². The summed E-state index contributed by atoms with van der Waals surface area (Å²) in [5.74, 6) is 1.05. The summed E-state index contributed by atoms with van der Waals surface area (Å²) in [5, 5.41) is 10.5. The summed E-state index contributed by atoms with van der Waals surface area (Å²) in [7, 11) is 0. The lowest BCUT2D eigenvalue weighted by atomic mass is 9.98. The van der Waals surface area contributed by atoms with E-state index in [1.54, 1.807) is 0 Å². The molecular formula is C21H22N2O4S. The molecule has 1 aromatic heterocycles. The molecule has 1 aliphatic carbocycles. The molecule has 0 unspecified atom stereocenters. The third-order valence-corrected chi connectivity index (χ3v) is 5.49. The van der Waals surface area contributed by atoms with Crippen LogP contribution in [0.4, 0.5) is 0 Å². The van der Waals surface area contributed by atoms with E-state index in [-0.39, 0.29) is 24.4 Å². The Balaban J connectivity index is 1.25. The van der Waals surface area contributed by atoms with E-state index in [1.165, 1.54) is 18.2 Å². The van der Waals surface area contributed by atoms with E-state index >= 15 is 0 Å². The van der Waals surface area contributed by atoms with Gasteiger partial charge < -0.3 is 13.9 Å². The Hall–Kier alpha value is -2.54. The van der Waals surface area contributed by atoms with Crippen molar-refractivity contribution in [2.45, 2.75) is 50.0 Å². The minimum absolute atomic E-state index is 0.0652. The number of rotatable bonds is 7. The van der Waals surface area contributed by atoms with Crippen molar-refractivity contribution >= 4 is 28.5 Å². The molecule has 7 heteroatoms. The van der Waals surface area contributed by atoms with Crippen molar-refractivity contribution < 1.29 is 18.7 Å². The van der Waals surface area contributed by atoms with E-state index in [0.717, 1.165) is 42.2 Å². The van der Waals surface area contributed by atoms with E-state index in [4.69, 9.17) is 13.9 Å². The minimum Gasteiger partial charge on any atom is -0.484 e. The van der Waals surface area contributed by atoms with Gasteiger partial charge in [-0.3, -0.25) is 4.79 Å². The fraction of sp³-hybridized carbons (Fsp3) is 0.381. The second-order valence-electron chi connectivity index (χ2n) is 6.80. The summed E-state index contributed by atoms with van der Waals surface area (Å²) in [5.41, 5.74) is 0.